The quantitative estimate of drug-likeness (QED) is 0.499. The Hall–Kier alpha value is -2.04. The average molecular weight is 264 g/mol. The average Bonchev–Trinajstić information content (AvgIpc) is 2.27. The highest BCUT2D eigenvalue weighted by Crippen LogP contribution is 2.08. The molecule has 2 N–H and O–H groups in total. The van der Waals surface area contributed by atoms with Crippen molar-refractivity contribution in [1.82, 2.24) is 5.32 Å². The van der Waals surface area contributed by atoms with Gasteiger partial charge in [0.05, 0.1) is 12.3 Å². The van der Waals surface area contributed by atoms with Crippen LogP contribution in [0.5, 0.6) is 0 Å². The summed E-state index contributed by atoms with van der Waals surface area (Å²) in [5.41, 5.74) is 0.473. The number of alkyl carbamates (subject to hydrolysis) is 1. The monoisotopic (exact) mass is 264 g/mol. The predicted molar refractivity (Wildman–Crippen MR) is 73.6 cm³/mol. The molecule has 1 aromatic rings. The number of nitrogens with zero attached hydrogens (tertiary/aromatic N) is 1. The number of rotatable bonds is 4. The smallest absolute Gasteiger partial charge is 0.408 e. The van der Waals surface area contributed by atoms with Crippen molar-refractivity contribution in [3.8, 4) is 0 Å². The van der Waals surface area contributed by atoms with E-state index in [1.54, 1.807) is 20.8 Å². The number of hydrogen-bond acceptors (Lipinski definition) is 4. The van der Waals surface area contributed by atoms with Crippen molar-refractivity contribution in [2.75, 3.05) is 0 Å². The van der Waals surface area contributed by atoms with Crippen molar-refractivity contribution in [3.05, 3.63) is 35.9 Å². The fraction of sp³-hybridized carbons (Fsp3) is 0.429. The normalized spacial score (nSPS) is 13.2. The molecule has 1 amide bonds. The SMILES string of the molecule is CC(C)(C)OC(=O)N[C@H](/C=N\O)Cc1ccccc1. The van der Waals surface area contributed by atoms with Crippen LogP contribution in [-0.4, -0.2) is 29.2 Å². The summed E-state index contributed by atoms with van der Waals surface area (Å²) < 4.78 is 5.16. The molecule has 0 fully saturated rings. The van der Waals surface area contributed by atoms with Gasteiger partial charge in [-0.05, 0) is 32.8 Å². The maximum absolute atomic E-state index is 11.7. The number of carbonyl (C=O) groups excluding carboxylic acids is 1. The molecule has 19 heavy (non-hydrogen) atoms. The zero-order chi connectivity index (χ0) is 14.3. The van der Waals surface area contributed by atoms with E-state index in [4.69, 9.17) is 9.94 Å². The first-order chi connectivity index (χ1) is 8.90. The van der Waals surface area contributed by atoms with E-state index >= 15 is 0 Å². The lowest BCUT2D eigenvalue weighted by Gasteiger charge is -2.22. The maximum Gasteiger partial charge on any atom is 0.408 e. The third-order valence-electron chi connectivity index (χ3n) is 2.25. The molecule has 0 saturated heterocycles. The first-order valence-corrected chi connectivity index (χ1v) is 6.12. The van der Waals surface area contributed by atoms with Gasteiger partial charge in [-0.2, -0.15) is 0 Å². The van der Waals surface area contributed by atoms with Crippen molar-refractivity contribution in [2.24, 2.45) is 5.16 Å². The summed E-state index contributed by atoms with van der Waals surface area (Å²) in [4.78, 5) is 11.7. The molecule has 5 heteroatoms. The van der Waals surface area contributed by atoms with E-state index in [2.05, 4.69) is 10.5 Å². The second kappa shape index (κ2) is 6.78. The predicted octanol–water partition coefficient (Wildman–Crippen LogP) is 2.58. The molecule has 0 aliphatic rings. The first kappa shape index (κ1) is 15.0. The molecule has 0 unspecified atom stereocenters. The van der Waals surface area contributed by atoms with Crippen LogP contribution < -0.4 is 5.32 Å². The van der Waals surface area contributed by atoms with E-state index < -0.39 is 17.7 Å². The summed E-state index contributed by atoms with van der Waals surface area (Å²) in [6.07, 6.45) is 1.27. The Morgan fingerprint density at radius 1 is 1.42 bits per heavy atom. The van der Waals surface area contributed by atoms with E-state index in [1.165, 1.54) is 6.21 Å². The molecular formula is C14H20N2O3. The minimum absolute atomic E-state index is 0.415. The summed E-state index contributed by atoms with van der Waals surface area (Å²) in [5.74, 6) is 0. The van der Waals surface area contributed by atoms with Gasteiger partial charge in [-0.15, -0.1) is 0 Å². The maximum atomic E-state index is 11.7. The van der Waals surface area contributed by atoms with Gasteiger partial charge in [-0.1, -0.05) is 35.5 Å². The van der Waals surface area contributed by atoms with Crippen LogP contribution >= 0.6 is 0 Å². The van der Waals surface area contributed by atoms with Gasteiger partial charge >= 0.3 is 6.09 Å². The fourth-order valence-electron chi connectivity index (χ4n) is 1.55. The molecule has 1 aromatic carbocycles. The van der Waals surface area contributed by atoms with Gasteiger partial charge in [0.15, 0.2) is 0 Å². The largest absolute Gasteiger partial charge is 0.444 e. The van der Waals surface area contributed by atoms with Crippen LogP contribution in [0.4, 0.5) is 4.79 Å². The van der Waals surface area contributed by atoms with Crippen molar-refractivity contribution < 1.29 is 14.7 Å². The Kier molecular flexibility index (Phi) is 5.36. The van der Waals surface area contributed by atoms with Crippen LogP contribution in [0, 0.1) is 0 Å². The number of oxime groups is 1. The third-order valence-corrected chi connectivity index (χ3v) is 2.25. The lowest BCUT2D eigenvalue weighted by Crippen LogP contribution is -2.41. The van der Waals surface area contributed by atoms with Gasteiger partial charge in [0.1, 0.15) is 5.60 Å². The van der Waals surface area contributed by atoms with E-state index in [-0.39, 0.29) is 0 Å². The number of ether oxygens (including phenoxy) is 1. The van der Waals surface area contributed by atoms with Gasteiger partial charge in [0, 0.05) is 0 Å². The molecule has 0 radical (unpaired) electrons. The number of benzene rings is 1. The lowest BCUT2D eigenvalue weighted by molar-refractivity contribution is 0.0518. The summed E-state index contributed by atoms with van der Waals surface area (Å²) >= 11 is 0. The number of amides is 1. The summed E-state index contributed by atoms with van der Waals surface area (Å²) in [6.45, 7) is 5.37. The molecule has 0 aromatic heterocycles. The van der Waals surface area contributed by atoms with Crippen molar-refractivity contribution >= 4 is 12.3 Å². The van der Waals surface area contributed by atoms with Crippen LogP contribution in [0.2, 0.25) is 0 Å². The highest BCUT2D eigenvalue weighted by molar-refractivity contribution is 5.75. The van der Waals surface area contributed by atoms with E-state index in [9.17, 15) is 4.79 Å². The minimum Gasteiger partial charge on any atom is -0.444 e. The van der Waals surface area contributed by atoms with Crippen LogP contribution in [-0.2, 0) is 11.2 Å². The minimum atomic E-state index is -0.558. The van der Waals surface area contributed by atoms with Crippen LogP contribution in [0.25, 0.3) is 0 Å². The number of hydrogen-bond donors (Lipinski definition) is 2. The molecule has 0 aliphatic carbocycles. The molecule has 0 bridgehead atoms. The molecule has 0 saturated carbocycles. The van der Waals surface area contributed by atoms with Crippen molar-refractivity contribution in [1.29, 1.82) is 0 Å². The van der Waals surface area contributed by atoms with Crippen LogP contribution in [0.3, 0.4) is 0 Å². The van der Waals surface area contributed by atoms with Gasteiger partial charge in [0.2, 0.25) is 0 Å². The Bertz CT molecular complexity index is 424. The second-order valence-electron chi connectivity index (χ2n) is 5.21. The van der Waals surface area contributed by atoms with Crippen LogP contribution in [0.1, 0.15) is 26.3 Å². The Morgan fingerprint density at radius 3 is 2.58 bits per heavy atom. The molecule has 0 aliphatic heterocycles. The van der Waals surface area contributed by atoms with Gasteiger partial charge in [-0.3, -0.25) is 0 Å². The van der Waals surface area contributed by atoms with Crippen LogP contribution in [0.15, 0.2) is 35.5 Å². The molecule has 0 heterocycles. The van der Waals surface area contributed by atoms with E-state index in [0.29, 0.717) is 6.42 Å². The topological polar surface area (TPSA) is 70.9 Å². The third kappa shape index (κ3) is 6.45. The Morgan fingerprint density at radius 2 is 2.05 bits per heavy atom. The molecular weight excluding hydrogens is 244 g/mol. The standard InChI is InChI=1S/C14H20N2O3/c1-14(2,3)19-13(17)16-12(10-15-18)9-11-7-5-4-6-8-11/h4-8,10,12,18H,9H2,1-3H3,(H,16,17)/b15-10-/t12-/m0/s1. The van der Waals surface area contributed by atoms with E-state index in [1.807, 2.05) is 30.3 Å². The highest BCUT2D eigenvalue weighted by atomic mass is 16.6. The Labute approximate surface area is 113 Å². The molecule has 5 nitrogen and oxygen atoms in total. The number of nitrogens with one attached hydrogen (secondary N) is 1. The molecule has 0 spiro atoms. The summed E-state index contributed by atoms with van der Waals surface area (Å²) in [5, 5.41) is 14.3. The number of carbonyl (C=O) groups is 1. The van der Waals surface area contributed by atoms with E-state index in [0.717, 1.165) is 5.56 Å². The zero-order valence-electron chi connectivity index (χ0n) is 11.5. The zero-order valence-corrected chi connectivity index (χ0v) is 11.5. The van der Waals surface area contributed by atoms with Gasteiger partial charge in [0.25, 0.3) is 0 Å². The molecule has 1 atom stereocenters. The van der Waals surface area contributed by atoms with Crippen molar-refractivity contribution in [2.45, 2.75) is 38.8 Å². The first-order valence-electron chi connectivity index (χ1n) is 6.12. The fourth-order valence-corrected chi connectivity index (χ4v) is 1.55. The molecule has 104 valence electrons. The summed E-state index contributed by atoms with van der Waals surface area (Å²) in [7, 11) is 0. The Balaban J connectivity index is 2.61. The lowest BCUT2D eigenvalue weighted by atomic mass is 10.1. The summed E-state index contributed by atoms with van der Waals surface area (Å²) in [6, 6.07) is 9.21. The van der Waals surface area contributed by atoms with Crippen molar-refractivity contribution in [3.63, 3.8) is 0 Å². The second-order valence-corrected chi connectivity index (χ2v) is 5.21. The van der Waals surface area contributed by atoms with Gasteiger partial charge in [-0.25, -0.2) is 4.79 Å². The van der Waals surface area contributed by atoms with Gasteiger partial charge < -0.3 is 15.3 Å². The highest BCUT2D eigenvalue weighted by Gasteiger charge is 2.18. The molecule has 1 rings (SSSR count).